The number of nitro benzene ring substituents is 1. The number of carbonyl (C=O) groups excluding carboxylic acids is 2. The molecule has 0 atom stereocenters. The van der Waals surface area contributed by atoms with Gasteiger partial charge < -0.3 is 15.2 Å². The number of rotatable bonds is 3. The highest BCUT2D eigenvalue weighted by atomic mass is 35.5. The van der Waals surface area contributed by atoms with Gasteiger partial charge in [-0.15, -0.1) is 0 Å². The van der Waals surface area contributed by atoms with Crippen LogP contribution in [0.25, 0.3) is 0 Å². The van der Waals surface area contributed by atoms with Gasteiger partial charge in [0.25, 0.3) is 0 Å². The first-order chi connectivity index (χ1) is 8.79. The van der Waals surface area contributed by atoms with E-state index in [0.29, 0.717) is 0 Å². The minimum Gasteiger partial charge on any atom is -0.501 e. The summed E-state index contributed by atoms with van der Waals surface area (Å²) < 4.78 is 4.36. The second-order valence-corrected chi connectivity index (χ2v) is 3.82. The summed E-state index contributed by atoms with van der Waals surface area (Å²) in [5, 5.41) is 22.5. The number of phenols is 1. The highest BCUT2D eigenvalue weighted by Gasteiger charge is 2.30. The predicted molar refractivity (Wildman–Crippen MR) is 65.4 cm³/mol. The Morgan fingerprint density at radius 3 is 2.53 bits per heavy atom. The van der Waals surface area contributed by atoms with Crippen LogP contribution in [0.2, 0.25) is 5.02 Å². The monoisotopic (exact) mass is 288 g/mol. The maximum Gasteiger partial charge on any atom is 0.341 e. The van der Waals surface area contributed by atoms with Gasteiger partial charge in [-0.1, -0.05) is 11.6 Å². The van der Waals surface area contributed by atoms with Crippen molar-refractivity contribution >= 4 is 34.9 Å². The topological polar surface area (TPSA) is 119 Å². The first kappa shape index (κ1) is 14.7. The van der Waals surface area contributed by atoms with Gasteiger partial charge in [0.05, 0.1) is 17.1 Å². The van der Waals surface area contributed by atoms with Crippen LogP contribution in [0.1, 0.15) is 17.3 Å². The van der Waals surface area contributed by atoms with Crippen molar-refractivity contribution in [2.45, 2.75) is 6.92 Å². The van der Waals surface area contributed by atoms with Crippen molar-refractivity contribution in [3.8, 4) is 5.75 Å². The molecule has 0 aliphatic carbocycles. The van der Waals surface area contributed by atoms with E-state index in [2.05, 4.69) is 10.1 Å². The van der Waals surface area contributed by atoms with Gasteiger partial charge in [0, 0.05) is 6.92 Å². The first-order valence-corrected chi connectivity index (χ1v) is 5.23. The summed E-state index contributed by atoms with van der Waals surface area (Å²) in [7, 11) is 1.04. The van der Waals surface area contributed by atoms with Crippen molar-refractivity contribution in [1.29, 1.82) is 0 Å². The average Bonchev–Trinajstić information content (AvgIpc) is 2.31. The molecule has 1 rings (SSSR count). The number of nitrogens with zero attached hydrogens (tertiary/aromatic N) is 1. The lowest BCUT2D eigenvalue weighted by molar-refractivity contribution is -0.384. The number of nitro groups is 1. The molecule has 0 unspecified atom stereocenters. The number of nitrogens with one attached hydrogen (secondary N) is 1. The van der Waals surface area contributed by atoms with Crippen LogP contribution in [-0.2, 0) is 9.53 Å². The summed E-state index contributed by atoms with van der Waals surface area (Å²) in [5.41, 5.74) is -1.72. The van der Waals surface area contributed by atoms with Crippen molar-refractivity contribution in [2.24, 2.45) is 0 Å². The van der Waals surface area contributed by atoms with Gasteiger partial charge in [-0.25, -0.2) is 4.79 Å². The van der Waals surface area contributed by atoms with E-state index in [1.165, 1.54) is 0 Å². The maximum atomic E-state index is 11.3. The van der Waals surface area contributed by atoms with Gasteiger partial charge in [0.15, 0.2) is 0 Å². The van der Waals surface area contributed by atoms with Gasteiger partial charge in [-0.2, -0.15) is 0 Å². The second kappa shape index (κ2) is 5.53. The van der Waals surface area contributed by atoms with Crippen LogP contribution in [0.15, 0.2) is 6.07 Å². The molecule has 1 aromatic rings. The van der Waals surface area contributed by atoms with Gasteiger partial charge in [-0.05, 0) is 6.07 Å². The van der Waals surface area contributed by atoms with Crippen LogP contribution in [0.3, 0.4) is 0 Å². The molecule has 0 heterocycles. The van der Waals surface area contributed by atoms with E-state index < -0.39 is 33.8 Å². The Hall–Kier alpha value is -2.35. The molecule has 1 aromatic carbocycles. The van der Waals surface area contributed by atoms with Crippen molar-refractivity contribution in [2.75, 3.05) is 12.4 Å². The number of carbonyl (C=O) groups is 2. The molecular weight excluding hydrogens is 280 g/mol. The SMILES string of the molecule is COC(=O)c1cc(Cl)c(NC(C)=O)c([N+](=O)[O-])c1O. The molecule has 102 valence electrons. The normalized spacial score (nSPS) is 9.84. The molecule has 8 nitrogen and oxygen atoms in total. The molecule has 9 heteroatoms. The number of ether oxygens (including phenoxy) is 1. The Labute approximate surface area is 112 Å². The highest BCUT2D eigenvalue weighted by Crippen LogP contribution is 2.42. The van der Waals surface area contributed by atoms with Crippen LogP contribution in [0.5, 0.6) is 5.75 Å². The predicted octanol–water partition coefficient (Wildman–Crippen LogP) is 1.70. The lowest BCUT2D eigenvalue weighted by Gasteiger charge is -2.10. The third kappa shape index (κ3) is 2.91. The number of aromatic hydroxyl groups is 1. The Kier molecular flexibility index (Phi) is 4.28. The molecule has 0 saturated carbocycles. The summed E-state index contributed by atoms with van der Waals surface area (Å²) >= 11 is 5.76. The van der Waals surface area contributed by atoms with E-state index in [4.69, 9.17) is 11.6 Å². The fourth-order valence-electron chi connectivity index (χ4n) is 1.36. The van der Waals surface area contributed by atoms with E-state index in [1.807, 2.05) is 0 Å². The van der Waals surface area contributed by atoms with Crippen molar-refractivity contribution in [3.63, 3.8) is 0 Å². The number of benzene rings is 1. The van der Waals surface area contributed by atoms with Crippen molar-refractivity contribution < 1.29 is 24.4 Å². The quantitative estimate of drug-likeness (QED) is 0.496. The van der Waals surface area contributed by atoms with Crippen molar-refractivity contribution in [3.05, 3.63) is 26.8 Å². The molecule has 0 fully saturated rings. The highest BCUT2D eigenvalue weighted by molar-refractivity contribution is 6.35. The number of hydrogen-bond acceptors (Lipinski definition) is 6. The number of halogens is 1. The number of methoxy groups -OCH3 is 1. The summed E-state index contributed by atoms with van der Waals surface area (Å²) in [6.07, 6.45) is 0. The van der Waals surface area contributed by atoms with Gasteiger partial charge >= 0.3 is 11.7 Å². The number of amides is 1. The number of esters is 1. The molecule has 19 heavy (non-hydrogen) atoms. The average molecular weight is 289 g/mol. The molecule has 2 N–H and O–H groups in total. The third-order valence-electron chi connectivity index (χ3n) is 2.12. The number of phenolic OH excluding ortho intramolecular Hbond substituents is 1. The number of anilines is 1. The fraction of sp³-hybridized carbons (Fsp3) is 0.200. The molecular formula is C10H9ClN2O6. The molecule has 1 amide bonds. The number of hydrogen-bond donors (Lipinski definition) is 2. The Bertz CT molecular complexity index is 572. The third-order valence-corrected chi connectivity index (χ3v) is 2.41. The zero-order valence-corrected chi connectivity index (χ0v) is 10.6. The molecule has 0 saturated heterocycles. The van der Waals surface area contributed by atoms with Crippen LogP contribution in [0.4, 0.5) is 11.4 Å². The van der Waals surface area contributed by atoms with E-state index in [0.717, 1.165) is 20.1 Å². The zero-order chi connectivity index (χ0) is 14.7. The minimum absolute atomic E-state index is 0.264. The lowest BCUT2D eigenvalue weighted by Crippen LogP contribution is -2.11. The van der Waals surface area contributed by atoms with E-state index in [-0.39, 0.29) is 10.7 Å². The second-order valence-electron chi connectivity index (χ2n) is 3.41. The van der Waals surface area contributed by atoms with Gasteiger partial charge in [0.2, 0.25) is 11.7 Å². The van der Waals surface area contributed by atoms with Crippen LogP contribution in [0, 0.1) is 10.1 Å². The molecule has 0 aliphatic rings. The molecule has 0 bridgehead atoms. The molecule has 0 spiro atoms. The smallest absolute Gasteiger partial charge is 0.341 e. The fourth-order valence-corrected chi connectivity index (χ4v) is 1.61. The molecule has 0 aliphatic heterocycles. The van der Waals surface area contributed by atoms with Crippen molar-refractivity contribution in [1.82, 2.24) is 0 Å². The minimum atomic E-state index is -0.989. The van der Waals surface area contributed by atoms with Gasteiger partial charge in [0.1, 0.15) is 11.3 Å². The summed E-state index contributed by atoms with van der Waals surface area (Å²) in [5.74, 6) is -2.53. The Morgan fingerprint density at radius 1 is 1.53 bits per heavy atom. The summed E-state index contributed by atoms with van der Waals surface area (Å²) in [6.45, 7) is 1.12. The maximum absolute atomic E-state index is 11.3. The largest absolute Gasteiger partial charge is 0.501 e. The van der Waals surface area contributed by atoms with Crippen LogP contribution in [-0.4, -0.2) is 29.0 Å². The van der Waals surface area contributed by atoms with Gasteiger partial charge in [-0.3, -0.25) is 14.9 Å². The summed E-state index contributed by atoms with van der Waals surface area (Å²) in [4.78, 5) is 32.3. The summed E-state index contributed by atoms with van der Waals surface area (Å²) in [6, 6.07) is 0.973. The van der Waals surface area contributed by atoms with E-state index in [9.17, 15) is 24.8 Å². The first-order valence-electron chi connectivity index (χ1n) is 4.85. The van der Waals surface area contributed by atoms with E-state index >= 15 is 0 Å². The van der Waals surface area contributed by atoms with E-state index in [1.54, 1.807) is 0 Å². The Morgan fingerprint density at radius 2 is 2.11 bits per heavy atom. The lowest BCUT2D eigenvalue weighted by atomic mass is 10.1. The standard InChI is InChI=1S/C10H9ClN2O6/c1-4(14)12-7-6(11)3-5(10(16)19-2)9(15)8(7)13(17)18/h3,15H,1-2H3,(H,12,14). The molecule has 0 radical (unpaired) electrons. The zero-order valence-electron chi connectivity index (χ0n) is 9.89. The molecule has 0 aromatic heterocycles. The van der Waals surface area contributed by atoms with Crippen LogP contribution < -0.4 is 5.32 Å². The Balaban J connectivity index is 3.59. The van der Waals surface area contributed by atoms with Crippen LogP contribution >= 0.6 is 11.6 Å².